The van der Waals surface area contributed by atoms with E-state index < -0.39 is 0 Å². The first-order chi connectivity index (χ1) is 14.8. The molecular formula is C25H23BrN4. The van der Waals surface area contributed by atoms with Crippen LogP contribution in [0.25, 0.3) is 0 Å². The predicted octanol–water partition coefficient (Wildman–Crippen LogP) is 5.36. The highest BCUT2D eigenvalue weighted by Gasteiger charge is 2.32. The Morgan fingerprint density at radius 3 is 2.40 bits per heavy atom. The summed E-state index contributed by atoms with van der Waals surface area (Å²) < 4.78 is 1.07. The fourth-order valence-corrected chi connectivity index (χ4v) is 5.27. The Bertz CT molecular complexity index is 1130. The van der Waals surface area contributed by atoms with E-state index in [-0.39, 0.29) is 0 Å². The van der Waals surface area contributed by atoms with Gasteiger partial charge < -0.3 is 14.7 Å². The number of hydrogen-bond donors (Lipinski definition) is 0. The number of amidine groups is 1. The normalized spacial score (nSPS) is 17.4. The van der Waals surface area contributed by atoms with Gasteiger partial charge in [-0.2, -0.15) is 0 Å². The van der Waals surface area contributed by atoms with Crippen molar-refractivity contribution in [1.29, 1.82) is 0 Å². The monoisotopic (exact) mass is 458 g/mol. The zero-order valence-electron chi connectivity index (χ0n) is 16.8. The molecule has 3 aromatic carbocycles. The van der Waals surface area contributed by atoms with Crippen molar-refractivity contribution in [1.82, 2.24) is 4.90 Å². The summed E-state index contributed by atoms with van der Waals surface area (Å²) in [5, 5.41) is 0. The SMILES string of the molecule is Brc1ccc2c(c1)N=C(N1CCN(c3ccccc3)CC1)c1cccc3c1N2CC3. The molecule has 4 nitrogen and oxygen atoms in total. The van der Waals surface area contributed by atoms with Gasteiger partial charge in [-0.25, -0.2) is 4.99 Å². The van der Waals surface area contributed by atoms with Gasteiger partial charge >= 0.3 is 0 Å². The third kappa shape index (κ3) is 2.91. The van der Waals surface area contributed by atoms with Gasteiger partial charge in [0.2, 0.25) is 0 Å². The summed E-state index contributed by atoms with van der Waals surface area (Å²) in [6, 6.07) is 23.9. The first kappa shape index (κ1) is 18.0. The van der Waals surface area contributed by atoms with Crippen molar-refractivity contribution < 1.29 is 0 Å². The lowest BCUT2D eigenvalue weighted by molar-refractivity contribution is 0.386. The van der Waals surface area contributed by atoms with Crippen molar-refractivity contribution in [2.75, 3.05) is 42.5 Å². The van der Waals surface area contributed by atoms with Crippen LogP contribution in [-0.4, -0.2) is 43.5 Å². The first-order valence-electron chi connectivity index (χ1n) is 10.6. The molecule has 0 bridgehead atoms. The second-order valence-electron chi connectivity index (χ2n) is 8.09. The third-order valence-electron chi connectivity index (χ3n) is 6.39. The minimum Gasteiger partial charge on any atom is -0.368 e. The van der Waals surface area contributed by atoms with Gasteiger partial charge in [0.15, 0.2) is 0 Å². The van der Waals surface area contributed by atoms with Crippen molar-refractivity contribution in [2.24, 2.45) is 4.99 Å². The average molecular weight is 459 g/mol. The van der Waals surface area contributed by atoms with E-state index in [1.807, 2.05) is 0 Å². The van der Waals surface area contributed by atoms with Crippen LogP contribution in [0.2, 0.25) is 0 Å². The van der Waals surface area contributed by atoms with Crippen molar-refractivity contribution in [3.63, 3.8) is 0 Å². The van der Waals surface area contributed by atoms with Crippen LogP contribution < -0.4 is 9.80 Å². The molecule has 6 rings (SSSR count). The Kier molecular flexibility index (Phi) is 4.30. The third-order valence-corrected chi connectivity index (χ3v) is 6.88. The molecule has 1 fully saturated rings. The Balaban J connectivity index is 1.40. The van der Waals surface area contributed by atoms with Crippen molar-refractivity contribution in [3.05, 3.63) is 82.3 Å². The Hall–Kier alpha value is -2.79. The molecule has 3 aliphatic rings. The topological polar surface area (TPSA) is 22.1 Å². The number of halogens is 1. The van der Waals surface area contributed by atoms with Crippen LogP contribution in [0.15, 0.2) is 76.2 Å². The molecule has 3 aromatic rings. The molecule has 0 atom stereocenters. The van der Waals surface area contributed by atoms with E-state index in [0.29, 0.717) is 0 Å². The lowest BCUT2D eigenvalue weighted by Crippen LogP contribution is -2.49. The molecule has 3 heterocycles. The summed E-state index contributed by atoms with van der Waals surface area (Å²) in [5.41, 5.74) is 7.62. The van der Waals surface area contributed by atoms with E-state index in [1.165, 1.54) is 28.2 Å². The fraction of sp³-hybridized carbons (Fsp3) is 0.240. The van der Waals surface area contributed by atoms with Crippen LogP contribution in [0.5, 0.6) is 0 Å². The van der Waals surface area contributed by atoms with Gasteiger partial charge in [0.1, 0.15) is 5.84 Å². The maximum Gasteiger partial charge on any atom is 0.138 e. The molecule has 3 aliphatic heterocycles. The van der Waals surface area contributed by atoms with Gasteiger partial charge in [0.05, 0.1) is 17.1 Å². The summed E-state index contributed by atoms with van der Waals surface area (Å²) in [6.07, 6.45) is 1.09. The molecular weight excluding hydrogens is 436 g/mol. The fourth-order valence-electron chi connectivity index (χ4n) is 4.92. The van der Waals surface area contributed by atoms with Crippen LogP contribution in [-0.2, 0) is 6.42 Å². The van der Waals surface area contributed by atoms with Crippen molar-refractivity contribution in [2.45, 2.75) is 6.42 Å². The van der Waals surface area contributed by atoms with Crippen LogP contribution in [0.3, 0.4) is 0 Å². The Labute approximate surface area is 185 Å². The zero-order chi connectivity index (χ0) is 20.1. The number of fused-ring (bicyclic) bond motifs is 2. The number of benzene rings is 3. The van der Waals surface area contributed by atoms with Gasteiger partial charge in [-0.15, -0.1) is 0 Å². The average Bonchev–Trinajstić information content (AvgIpc) is 3.17. The molecule has 30 heavy (non-hydrogen) atoms. The largest absolute Gasteiger partial charge is 0.368 e. The molecule has 0 unspecified atom stereocenters. The van der Waals surface area contributed by atoms with Crippen molar-refractivity contribution in [3.8, 4) is 0 Å². The van der Waals surface area contributed by atoms with Gasteiger partial charge in [0, 0.05) is 48.4 Å². The van der Waals surface area contributed by atoms with Crippen LogP contribution in [0.4, 0.5) is 22.7 Å². The molecule has 0 aromatic heterocycles. The molecule has 150 valence electrons. The summed E-state index contributed by atoms with van der Waals surface area (Å²) in [7, 11) is 0. The smallest absolute Gasteiger partial charge is 0.138 e. The van der Waals surface area contributed by atoms with Crippen LogP contribution in [0, 0.1) is 0 Å². The lowest BCUT2D eigenvalue weighted by atomic mass is 10.1. The second kappa shape index (κ2) is 7.17. The quantitative estimate of drug-likeness (QED) is 0.490. The van der Waals surface area contributed by atoms with Gasteiger partial charge in [-0.05, 0) is 48.4 Å². The molecule has 0 radical (unpaired) electrons. The molecule has 0 spiro atoms. The second-order valence-corrected chi connectivity index (χ2v) is 9.01. The summed E-state index contributed by atoms with van der Waals surface area (Å²) >= 11 is 3.65. The zero-order valence-corrected chi connectivity index (χ0v) is 18.3. The van der Waals surface area contributed by atoms with E-state index in [4.69, 9.17) is 4.99 Å². The Morgan fingerprint density at radius 2 is 1.57 bits per heavy atom. The number of hydrogen-bond acceptors (Lipinski definition) is 4. The predicted molar refractivity (Wildman–Crippen MR) is 128 cm³/mol. The molecule has 0 saturated carbocycles. The summed E-state index contributed by atoms with van der Waals surface area (Å²) in [5.74, 6) is 1.11. The number of rotatable bonds is 1. The molecule has 1 saturated heterocycles. The Morgan fingerprint density at radius 1 is 0.767 bits per heavy atom. The number of para-hydroxylation sites is 2. The number of nitrogens with zero attached hydrogens (tertiary/aromatic N) is 4. The van der Waals surface area contributed by atoms with Gasteiger partial charge in [-0.1, -0.05) is 46.3 Å². The highest BCUT2D eigenvalue weighted by atomic mass is 79.9. The summed E-state index contributed by atoms with van der Waals surface area (Å²) in [6.45, 7) is 4.98. The van der Waals surface area contributed by atoms with E-state index in [1.54, 1.807) is 0 Å². The maximum absolute atomic E-state index is 5.24. The van der Waals surface area contributed by atoms with Gasteiger partial charge in [-0.3, -0.25) is 0 Å². The van der Waals surface area contributed by atoms with E-state index in [0.717, 1.165) is 55.1 Å². The number of piperazine rings is 1. The molecule has 0 N–H and O–H groups in total. The van der Waals surface area contributed by atoms with Crippen molar-refractivity contribution >= 4 is 44.5 Å². The van der Waals surface area contributed by atoms with Crippen LogP contribution >= 0.6 is 15.9 Å². The highest BCUT2D eigenvalue weighted by molar-refractivity contribution is 9.10. The first-order valence-corrected chi connectivity index (χ1v) is 11.4. The standard InChI is InChI=1S/C25H23BrN4/c26-19-9-10-23-22(17-19)27-25(21-8-4-5-18-11-12-30(23)24(18)21)29-15-13-28(14-16-29)20-6-2-1-3-7-20/h1-10,17H,11-16H2. The summed E-state index contributed by atoms with van der Waals surface area (Å²) in [4.78, 5) is 12.6. The minimum atomic E-state index is 0.973. The number of aliphatic imine (C=N–C) groups is 1. The van der Waals surface area contributed by atoms with E-state index in [9.17, 15) is 0 Å². The van der Waals surface area contributed by atoms with Gasteiger partial charge in [0.25, 0.3) is 0 Å². The maximum atomic E-state index is 5.24. The molecule has 5 heteroatoms. The molecule has 0 amide bonds. The minimum absolute atomic E-state index is 0.973. The lowest BCUT2D eigenvalue weighted by Gasteiger charge is -2.38. The van der Waals surface area contributed by atoms with E-state index >= 15 is 0 Å². The number of anilines is 3. The van der Waals surface area contributed by atoms with E-state index in [2.05, 4.69) is 97.4 Å². The molecule has 0 aliphatic carbocycles. The highest BCUT2D eigenvalue weighted by Crippen LogP contribution is 2.45. The van der Waals surface area contributed by atoms with Crippen LogP contribution in [0.1, 0.15) is 11.1 Å².